The third kappa shape index (κ3) is 37.0. The Balaban J connectivity index is 3.00. The first-order valence-corrected chi connectivity index (χ1v) is 36.7. The topological polar surface area (TPSA) is 6.25 Å². The van der Waals surface area contributed by atoms with Gasteiger partial charge in [0, 0.05) is 43.8 Å². The fourth-order valence-electron chi connectivity index (χ4n) is 12.7. The molecular weight excluding hydrogens is 953 g/mol. The third-order valence-electron chi connectivity index (χ3n) is 18.0. The highest BCUT2D eigenvalue weighted by Gasteiger charge is 2.24. The summed E-state index contributed by atoms with van der Waals surface area (Å²) in [4.78, 5) is 2.91. The summed E-state index contributed by atoms with van der Waals surface area (Å²) in [7, 11) is 0. The van der Waals surface area contributed by atoms with E-state index in [0.717, 1.165) is 0 Å². The Bertz CT molecular complexity index is 1550. The minimum atomic E-state index is 1.22. The van der Waals surface area contributed by atoms with Gasteiger partial charge in [-0.3, -0.25) is 0 Å². The zero-order valence-electron chi connectivity index (χ0n) is 55.4. The molecule has 2 rings (SSSR count). The van der Waals surface area contributed by atoms with Gasteiger partial charge in [0.1, 0.15) is 13.1 Å². The number of allylic oxidation sites excluding steroid dienone is 5. The zero-order valence-corrected chi connectivity index (χ0v) is 55.4. The van der Waals surface area contributed by atoms with Crippen molar-refractivity contribution in [1.82, 2.24) is 0 Å². The number of nitrogens with zero attached hydrogens (tertiary/aromatic N) is 2. The lowest BCUT2D eigenvalue weighted by molar-refractivity contribution is -0.527. The Morgan fingerprint density at radius 3 is 0.886 bits per heavy atom. The molecule has 0 saturated carbocycles. The maximum absolute atomic E-state index is 2.91. The van der Waals surface area contributed by atoms with E-state index in [1.807, 2.05) is 0 Å². The highest BCUT2D eigenvalue weighted by atomic mass is 15.1. The van der Waals surface area contributed by atoms with Crippen LogP contribution < -0.4 is 4.90 Å². The Morgan fingerprint density at radius 1 is 0.304 bits per heavy atom. The molecule has 458 valence electrons. The maximum atomic E-state index is 2.91. The van der Waals surface area contributed by atoms with Crippen molar-refractivity contribution < 1.29 is 4.58 Å². The van der Waals surface area contributed by atoms with Gasteiger partial charge in [0.05, 0.1) is 0 Å². The molecule has 0 radical (unpaired) electrons. The predicted molar refractivity (Wildman–Crippen MR) is 361 cm³/mol. The SMILES string of the molecule is CCCCCCCCC1=CC(=[N+](CCCCCCCC)CCCCCCCC)C=C(CCCCCCCC)C1=Cc1c(CCCCCCCC)cc(N(CCCCCCCC)CCCCCCCC)cc1CCCCCCCC. The van der Waals surface area contributed by atoms with E-state index in [1.54, 1.807) is 44.8 Å². The first-order chi connectivity index (χ1) is 39.0. The second kappa shape index (κ2) is 53.9. The Labute approximate surface area is 497 Å². The summed E-state index contributed by atoms with van der Waals surface area (Å²) in [5.74, 6) is 0. The maximum Gasteiger partial charge on any atom is 0.200 e. The molecule has 0 aromatic heterocycles. The summed E-state index contributed by atoms with van der Waals surface area (Å²) in [5, 5.41) is 0. The number of hydrogen-bond donors (Lipinski definition) is 0. The molecule has 0 bridgehead atoms. The molecule has 0 saturated heterocycles. The molecule has 0 spiro atoms. The van der Waals surface area contributed by atoms with Crippen molar-refractivity contribution in [3.05, 3.63) is 57.7 Å². The standard InChI is InChI=1S/C77H141N2/c1-9-17-25-33-41-49-57-70-65-74(78(61-53-45-37-29-21-13-5)62-54-46-38-30-22-14-6)66-71(58-50-42-34-26-18-10-2)76(70)69-77-72(59-51-43-35-27-19-11-3)67-75(68-73(77)60-52-44-36-28-20-12-4)79(63-55-47-39-31-23-15-7)64-56-48-40-32-24-16-8/h65-69H,9-64H2,1-8H3/q+1. The average Bonchev–Trinajstić information content (AvgIpc) is 3.46. The number of benzene rings is 1. The fourth-order valence-corrected chi connectivity index (χ4v) is 12.7. The quantitative estimate of drug-likeness (QED) is 0.0465. The highest BCUT2D eigenvalue weighted by Crippen LogP contribution is 2.38. The molecule has 0 atom stereocenters. The number of unbranched alkanes of at least 4 members (excludes halogenated alkanes) is 40. The minimum absolute atomic E-state index is 1.22. The van der Waals surface area contributed by atoms with E-state index in [4.69, 9.17) is 0 Å². The van der Waals surface area contributed by atoms with Crippen molar-refractivity contribution in [2.75, 3.05) is 31.1 Å². The molecule has 79 heavy (non-hydrogen) atoms. The molecule has 2 nitrogen and oxygen atoms in total. The molecule has 0 N–H and O–H groups in total. The van der Waals surface area contributed by atoms with Crippen LogP contribution in [-0.4, -0.2) is 36.5 Å². The molecule has 1 aromatic carbocycles. The average molecular weight is 1090 g/mol. The first-order valence-electron chi connectivity index (χ1n) is 36.7. The Kier molecular flexibility index (Phi) is 49.8. The van der Waals surface area contributed by atoms with Crippen molar-refractivity contribution >= 4 is 17.5 Å². The van der Waals surface area contributed by atoms with Crippen LogP contribution in [0, 0.1) is 0 Å². The molecule has 0 fully saturated rings. The number of aryl methyl sites for hydroxylation is 2. The van der Waals surface area contributed by atoms with Crippen molar-refractivity contribution in [2.24, 2.45) is 0 Å². The van der Waals surface area contributed by atoms with Gasteiger partial charge in [-0.1, -0.05) is 299 Å². The van der Waals surface area contributed by atoms with Gasteiger partial charge in [-0.15, -0.1) is 0 Å². The van der Waals surface area contributed by atoms with Gasteiger partial charge in [0.2, 0.25) is 0 Å². The summed E-state index contributed by atoms with van der Waals surface area (Å²) in [5.41, 5.74) is 13.1. The highest BCUT2D eigenvalue weighted by molar-refractivity contribution is 6.05. The summed E-state index contributed by atoms with van der Waals surface area (Å²) in [6.07, 6.45) is 79.0. The lowest BCUT2D eigenvalue weighted by atomic mass is 9.82. The van der Waals surface area contributed by atoms with Crippen LogP contribution in [-0.2, 0) is 12.8 Å². The van der Waals surface area contributed by atoms with Gasteiger partial charge < -0.3 is 4.90 Å². The van der Waals surface area contributed by atoms with E-state index in [9.17, 15) is 0 Å². The molecule has 2 heteroatoms. The second-order valence-electron chi connectivity index (χ2n) is 25.6. The minimum Gasteiger partial charge on any atom is -0.372 e. The van der Waals surface area contributed by atoms with E-state index < -0.39 is 0 Å². The summed E-state index contributed by atoms with van der Waals surface area (Å²) >= 11 is 0. The molecule has 0 aliphatic heterocycles. The number of rotatable bonds is 58. The van der Waals surface area contributed by atoms with Gasteiger partial charge in [-0.25, -0.2) is 4.58 Å². The summed E-state index contributed by atoms with van der Waals surface area (Å²) in [6.45, 7) is 23.8. The van der Waals surface area contributed by atoms with E-state index >= 15 is 0 Å². The zero-order chi connectivity index (χ0) is 56.9. The van der Waals surface area contributed by atoms with Crippen LogP contribution in [0.15, 0.2) is 41.0 Å². The molecule has 1 aliphatic rings. The van der Waals surface area contributed by atoms with Gasteiger partial charge in [0.25, 0.3) is 0 Å². The second-order valence-corrected chi connectivity index (χ2v) is 25.6. The summed E-state index contributed by atoms with van der Waals surface area (Å²) in [6, 6.07) is 5.57. The van der Waals surface area contributed by atoms with Crippen molar-refractivity contribution in [2.45, 2.75) is 389 Å². The smallest absolute Gasteiger partial charge is 0.200 e. The van der Waals surface area contributed by atoms with Crippen molar-refractivity contribution in [3.8, 4) is 0 Å². The van der Waals surface area contributed by atoms with E-state index in [0.29, 0.717) is 0 Å². The van der Waals surface area contributed by atoms with Crippen molar-refractivity contribution in [1.29, 1.82) is 0 Å². The largest absolute Gasteiger partial charge is 0.372 e. The number of hydrogen-bond acceptors (Lipinski definition) is 1. The van der Waals surface area contributed by atoms with Gasteiger partial charge in [0.15, 0.2) is 5.71 Å². The molecule has 0 amide bonds. The van der Waals surface area contributed by atoms with Crippen LogP contribution in [0.1, 0.15) is 393 Å². The predicted octanol–water partition coefficient (Wildman–Crippen LogP) is 25.9. The van der Waals surface area contributed by atoms with Crippen LogP contribution in [0.5, 0.6) is 0 Å². The van der Waals surface area contributed by atoms with Crippen LogP contribution in [0.2, 0.25) is 0 Å². The van der Waals surface area contributed by atoms with Crippen LogP contribution in [0.4, 0.5) is 5.69 Å². The van der Waals surface area contributed by atoms with E-state index in [-0.39, 0.29) is 0 Å². The Morgan fingerprint density at radius 2 is 0.570 bits per heavy atom. The Hall–Kier alpha value is -2.09. The normalized spacial score (nSPS) is 12.7. The lowest BCUT2D eigenvalue weighted by Crippen LogP contribution is -2.26. The van der Waals surface area contributed by atoms with Crippen LogP contribution >= 0.6 is 0 Å². The first kappa shape index (κ1) is 73.0. The monoisotopic (exact) mass is 1090 g/mol. The fraction of sp³-hybridized carbons (Fsp3) is 0.831. The lowest BCUT2D eigenvalue weighted by Gasteiger charge is -2.28. The van der Waals surface area contributed by atoms with Gasteiger partial charge in [-0.05, 0) is 129 Å². The van der Waals surface area contributed by atoms with Gasteiger partial charge in [-0.2, -0.15) is 0 Å². The molecular formula is C77H141N2+. The van der Waals surface area contributed by atoms with Gasteiger partial charge >= 0.3 is 0 Å². The molecule has 1 aromatic rings. The van der Waals surface area contributed by atoms with Crippen LogP contribution in [0.25, 0.3) is 6.08 Å². The number of anilines is 1. The van der Waals surface area contributed by atoms with E-state index in [2.05, 4.69) is 95.2 Å². The molecule has 0 heterocycles. The van der Waals surface area contributed by atoms with E-state index in [1.165, 1.54) is 360 Å². The molecule has 1 aliphatic carbocycles. The van der Waals surface area contributed by atoms with Crippen LogP contribution in [0.3, 0.4) is 0 Å². The molecule has 0 unspecified atom stereocenters. The third-order valence-corrected chi connectivity index (χ3v) is 18.0. The summed E-state index contributed by atoms with van der Waals surface area (Å²) < 4.78 is 2.91. The van der Waals surface area contributed by atoms with Crippen molar-refractivity contribution in [3.63, 3.8) is 0 Å².